The lowest BCUT2D eigenvalue weighted by molar-refractivity contribution is -0.178. The zero-order chi connectivity index (χ0) is 27.9. The molecule has 0 bridgehead atoms. The van der Waals surface area contributed by atoms with Gasteiger partial charge < -0.3 is 4.74 Å². The summed E-state index contributed by atoms with van der Waals surface area (Å²) in [6.45, 7) is 4.13. The standard InChI is InChI=1S/C34H32N2O4/c1-23(2)19-29-34(32(38)35(29)22-37,21-24-17-18-25-11-9-10-16-28(25)20-24)36-30(26-12-5-3-6-13-26)31(40-33(36)39)27-14-7-4-8-15-27/h3-18,20,22-23,29-31H,19,21H2,1-2H3/t29-,30+,31-,34+/m1/s1. The summed E-state index contributed by atoms with van der Waals surface area (Å²) in [5.41, 5.74) is 1.37. The van der Waals surface area contributed by atoms with Gasteiger partial charge in [0.05, 0.1) is 6.04 Å². The molecule has 40 heavy (non-hydrogen) atoms. The molecule has 0 N–H and O–H groups in total. The van der Waals surface area contributed by atoms with E-state index in [1.165, 1.54) is 4.90 Å². The van der Waals surface area contributed by atoms with Gasteiger partial charge in [0.25, 0.3) is 5.91 Å². The van der Waals surface area contributed by atoms with Gasteiger partial charge in [-0.15, -0.1) is 0 Å². The summed E-state index contributed by atoms with van der Waals surface area (Å²) in [6.07, 6.45) is 0.304. The molecule has 2 aliphatic rings. The van der Waals surface area contributed by atoms with Crippen LogP contribution >= 0.6 is 0 Å². The van der Waals surface area contributed by atoms with Crippen LogP contribution in [0.4, 0.5) is 4.79 Å². The molecular formula is C34H32N2O4. The van der Waals surface area contributed by atoms with E-state index in [0.29, 0.717) is 12.8 Å². The molecule has 2 heterocycles. The summed E-state index contributed by atoms with van der Waals surface area (Å²) in [4.78, 5) is 43.3. The number of fused-ring (bicyclic) bond motifs is 1. The summed E-state index contributed by atoms with van der Waals surface area (Å²) in [5, 5.41) is 2.15. The molecule has 4 atom stereocenters. The summed E-state index contributed by atoms with van der Waals surface area (Å²) in [7, 11) is 0. The first kappa shape index (κ1) is 25.8. The van der Waals surface area contributed by atoms with E-state index in [9.17, 15) is 14.4 Å². The van der Waals surface area contributed by atoms with Gasteiger partial charge >= 0.3 is 6.09 Å². The Bertz CT molecular complexity index is 1550. The Morgan fingerprint density at radius 2 is 1.45 bits per heavy atom. The SMILES string of the molecule is CC(C)C[C@H]1N(C=O)C(=O)[C@@]1(Cc1ccc2ccccc2c1)N1C(=O)O[C@H](c2ccccc2)[C@@H]1c1ccccc1. The van der Waals surface area contributed by atoms with E-state index in [-0.39, 0.29) is 18.2 Å². The van der Waals surface area contributed by atoms with Crippen molar-refractivity contribution in [2.24, 2.45) is 5.92 Å². The van der Waals surface area contributed by atoms with Crippen LogP contribution < -0.4 is 0 Å². The highest BCUT2D eigenvalue weighted by molar-refractivity contribution is 6.04. The van der Waals surface area contributed by atoms with Crippen LogP contribution in [0, 0.1) is 5.92 Å². The minimum Gasteiger partial charge on any atom is -0.439 e. The van der Waals surface area contributed by atoms with Gasteiger partial charge in [-0.05, 0) is 39.8 Å². The van der Waals surface area contributed by atoms with Crippen LogP contribution in [0.2, 0.25) is 0 Å². The minimum atomic E-state index is -1.28. The zero-order valence-corrected chi connectivity index (χ0v) is 22.6. The van der Waals surface area contributed by atoms with Crippen molar-refractivity contribution in [1.82, 2.24) is 9.80 Å². The first-order chi connectivity index (χ1) is 19.4. The molecule has 6 rings (SSSR count). The second-order valence-corrected chi connectivity index (χ2v) is 11.2. The lowest BCUT2D eigenvalue weighted by Gasteiger charge is -2.58. The number of carbonyl (C=O) groups is 3. The molecule has 6 heteroatoms. The summed E-state index contributed by atoms with van der Waals surface area (Å²) in [5.74, 6) is -0.178. The number of hydrogen-bond donors (Lipinski definition) is 0. The Kier molecular flexibility index (Phi) is 6.62. The van der Waals surface area contributed by atoms with Gasteiger partial charge in [-0.3, -0.25) is 19.4 Å². The fraction of sp³-hybridized carbons (Fsp3) is 0.265. The average Bonchev–Trinajstić information content (AvgIpc) is 3.33. The predicted molar refractivity (Wildman–Crippen MR) is 153 cm³/mol. The highest BCUT2D eigenvalue weighted by Crippen LogP contribution is 2.53. The van der Waals surface area contributed by atoms with Crippen molar-refractivity contribution < 1.29 is 19.1 Å². The molecule has 0 aromatic heterocycles. The van der Waals surface area contributed by atoms with Gasteiger partial charge in [0.1, 0.15) is 6.04 Å². The Labute approximate surface area is 234 Å². The van der Waals surface area contributed by atoms with Crippen molar-refractivity contribution in [1.29, 1.82) is 0 Å². The maximum absolute atomic E-state index is 14.2. The maximum Gasteiger partial charge on any atom is 0.412 e. The number of rotatable bonds is 8. The summed E-state index contributed by atoms with van der Waals surface area (Å²) >= 11 is 0. The topological polar surface area (TPSA) is 66.9 Å². The largest absolute Gasteiger partial charge is 0.439 e. The number of ether oxygens (including phenoxy) is 1. The van der Waals surface area contributed by atoms with Crippen molar-refractivity contribution in [3.63, 3.8) is 0 Å². The molecule has 202 valence electrons. The second-order valence-electron chi connectivity index (χ2n) is 11.2. The monoisotopic (exact) mass is 532 g/mol. The Balaban J connectivity index is 1.53. The normalized spacial score (nSPS) is 24.3. The van der Waals surface area contributed by atoms with E-state index < -0.39 is 29.8 Å². The van der Waals surface area contributed by atoms with Gasteiger partial charge in [0.2, 0.25) is 6.41 Å². The van der Waals surface area contributed by atoms with Gasteiger partial charge in [-0.2, -0.15) is 0 Å². The fourth-order valence-electron chi connectivity index (χ4n) is 6.51. The third-order valence-electron chi connectivity index (χ3n) is 8.28. The molecule has 0 radical (unpaired) electrons. The van der Waals surface area contributed by atoms with Crippen molar-refractivity contribution in [2.75, 3.05) is 0 Å². The Hall–Kier alpha value is -4.45. The number of nitrogens with zero attached hydrogens (tertiary/aromatic N) is 2. The van der Waals surface area contributed by atoms with Gasteiger partial charge in [0.15, 0.2) is 11.6 Å². The lowest BCUT2D eigenvalue weighted by Crippen LogP contribution is -2.81. The van der Waals surface area contributed by atoms with Crippen LogP contribution in [-0.2, 0) is 20.7 Å². The van der Waals surface area contributed by atoms with Gasteiger partial charge in [0, 0.05) is 6.42 Å². The van der Waals surface area contributed by atoms with Crippen LogP contribution in [0.25, 0.3) is 10.8 Å². The highest BCUT2D eigenvalue weighted by Gasteiger charge is 2.69. The smallest absolute Gasteiger partial charge is 0.412 e. The van der Waals surface area contributed by atoms with Gasteiger partial charge in [-0.1, -0.05) is 117 Å². The molecule has 6 nitrogen and oxygen atoms in total. The predicted octanol–water partition coefficient (Wildman–Crippen LogP) is 6.47. The highest BCUT2D eigenvalue weighted by atomic mass is 16.6. The lowest BCUT2D eigenvalue weighted by atomic mass is 9.69. The van der Waals surface area contributed by atoms with Crippen molar-refractivity contribution in [3.8, 4) is 0 Å². The Morgan fingerprint density at radius 3 is 2.10 bits per heavy atom. The van der Waals surface area contributed by atoms with E-state index in [1.54, 1.807) is 4.90 Å². The van der Waals surface area contributed by atoms with E-state index in [1.807, 2.05) is 97.1 Å². The van der Waals surface area contributed by atoms with E-state index in [2.05, 4.69) is 19.9 Å². The molecule has 0 aliphatic carbocycles. The number of amides is 3. The molecule has 0 saturated carbocycles. The van der Waals surface area contributed by atoms with Crippen LogP contribution in [0.5, 0.6) is 0 Å². The minimum absolute atomic E-state index is 0.190. The van der Waals surface area contributed by atoms with Crippen molar-refractivity contribution >= 4 is 29.2 Å². The molecule has 4 aromatic carbocycles. The number of cyclic esters (lactones) is 1. The summed E-state index contributed by atoms with van der Waals surface area (Å²) in [6, 6.07) is 32.5. The van der Waals surface area contributed by atoms with E-state index in [0.717, 1.165) is 27.5 Å². The first-order valence-electron chi connectivity index (χ1n) is 13.8. The molecule has 2 fully saturated rings. The first-order valence-corrected chi connectivity index (χ1v) is 13.8. The number of imide groups is 1. The third kappa shape index (κ3) is 4.15. The number of benzene rings is 4. The number of carbonyl (C=O) groups excluding carboxylic acids is 3. The molecule has 3 amide bonds. The molecule has 4 aromatic rings. The molecular weight excluding hydrogens is 500 g/mol. The van der Waals surface area contributed by atoms with Crippen molar-refractivity contribution in [3.05, 3.63) is 120 Å². The average molecular weight is 533 g/mol. The second kappa shape index (κ2) is 10.3. The van der Waals surface area contributed by atoms with Crippen LogP contribution in [0.3, 0.4) is 0 Å². The zero-order valence-electron chi connectivity index (χ0n) is 22.6. The molecule has 0 unspecified atom stereocenters. The fourth-order valence-corrected chi connectivity index (χ4v) is 6.51. The van der Waals surface area contributed by atoms with Crippen molar-refractivity contribution in [2.45, 2.75) is 50.4 Å². The quantitative estimate of drug-likeness (QED) is 0.193. The van der Waals surface area contributed by atoms with Crippen LogP contribution in [0.1, 0.15) is 49.1 Å². The van der Waals surface area contributed by atoms with E-state index in [4.69, 9.17) is 4.74 Å². The number of β-lactam (4-membered cyclic amide) rings is 1. The maximum atomic E-state index is 14.2. The molecule has 0 spiro atoms. The Morgan fingerprint density at radius 1 is 0.825 bits per heavy atom. The number of hydrogen-bond acceptors (Lipinski definition) is 4. The van der Waals surface area contributed by atoms with Crippen LogP contribution in [-0.4, -0.2) is 39.8 Å². The molecule has 2 saturated heterocycles. The number of likely N-dealkylation sites (tertiary alicyclic amines) is 1. The van der Waals surface area contributed by atoms with Gasteiger partial charge in [-0.25, -0.2) is 4.79 Å². The molecule has 2 aliphatic heterocycles. The van der Waals surface area contributed by atoms with E-state index >= 15 is 0 Å². The summed E-state index contributed by atoms with van der Waals surface area (Å²) < 4.78 is 6.12. The third-order valence-corrected chi connectivity index (χ3v) is 8.28. The van der Waals surface area contributed by atoms with Crippen LogP contribution in [0.15, 0.2) is 103 Å².